The minimum atomic E-state index is -2.77. The summed E-state index contributed by atoms with van der Waals surface area (Å²) in [5.41, 5.74) is 0.248. The van der Waals surface area contributed by atoms with Gasteiger partial charge in [0.05, 0.1) is 5.54 Å². The molecule has 3 aromatic carbocycles. The first-order chi connectivity index (χ1) is 22.1. The second kappa shape index (κ2) is 10.7. The van der Waals surface area contributed by atoms with Crippen LogP contribution in [0.3, 0.4) is 0 Å². The van der Waals surface area contributed by atoms with Gasteiger partial charge in [-0.2, -0.15) is 9.97 Å². The van der Waals surface area contributed by atoms with Crippen LogP contribution in [0, 0.1) is 23.5 Å². The van der Waals surface area contributed by atoms with Crippen molar-refractivity contribution in [2.75, 3.05) is 37.7 Å². The molecule has 6 nitrogen and oxygen atoms in total. The Labute approximate surface area is 263 Å². The lowest BCUT2D eigenvalue weighted by Crippen LogP contribution is -2.49. The molecule has 46 heavy (non-hydrogen) atoms. The monoisotopic (exact) mass is 638 g/mol. The van der Waals surface area contributed by atoms with E-state index in [4.69, 9.17) is 4.74 Å². The summed E-state index contributed by atoms with van der Waals surface area (Å²) in [5.74, 6) is -5.38. The molecule has 242 valence electrons. The van der Waals surface area contributed by atoms with Crippen molar-refractivity contribution in [2.45, 2.75) is 63.1 Å². The average Bonchev–Trinajstić information content (AvgIpc) is 3.56. The number of benzene rings is 3. The average molecular weight is 639 g/mol. The normalized spacial score (nSPS) is 27.2. The third-order valence-electron chi connectivity index (χ3n) is 10.9. The van der Waals surface area contributed by atoms with Gasteiger partial charge in [-0.05, 0) is 84.8 Å². The Hall–Kier alpha value is -3.73. The number of phenols is 1. The second-order valence-electron chi connectivity index (χ2n) is 13.5. The fourth-order valence-electron chi connectivity index (χ4n) is 8.67. The molecule has 4 atom stereocenters. The summed E-state index contributed by atoms with van der Waals surface area (Å²) >= 11 is 0. The van der Waals surface area contributed by atoms with E-state index in [0.717, 1.165) is 19.4 Å². The SMILES string of the molecule is CCc1c(F)ccc2cc(O)cc(-c3ccc4c(N5CC6CCC(C5)C6(F)F)nc(OC[C@@]56CCCN5C[C@H](F)C6)nc4c3F)c12. The van der Waals surface area contributed by atoms with Crippen LogP contribution in [-0.2, 0) is 6.42 Å². The summed E-state index contributed by atoms with van der Waals surface area (Å²) in [6, 6.07) is 8.91. The lowest BCUT2D eigenvalue weighted by atomic mass is 9.91. The number of nitrogens with zero attached hydrogens (tertiary/aromatic N) is 4. The zero-order valence-electron chi connectivity index (χ0n) is 25.5. The number of phenolic OH excluding ortho intramolecular Hbond substituents is 1. The highest BCUT2D eigenvalue weighted by molar-refractivity contribution is 6.03. The van der Waals surface area contributed by atoms with Crippen molar-refractivity contribution in [3.63, 3.8) is 0 Å². The molecule has 11 heteroatoms. The molecular weight excluding hydrogens is 603 g/mol. The van der Waals surface area contributed by atoms with Gasteiger partial charge in [-0.1, -0.05) is 19.1 Å². The molecule has 2 bridgehead atoms. The quantitative estimate of drug-likeness (QED) is 0.222. The van der Waals surface area contributed by atoms with E-state index in [1.165, 1.54) is 18.2 Å². The number of aromatic nitrogens is 2. The maximum Gasteiger partial charge on any atom is 0.319 e. The van der Waals surface area contributed by atoms with Crippen LogP contribution in [-0.4, -0.2) is 70.4 Å². The first kappa shape index (κ1) is 29.7. The van der Waals surface area contributed by atoms with Gasteiger partial charge in [0.1, 0.15) is 35.7 Å². The molecule has 4 fully saturated rings. The van der Waals surface area contributed by atoms with Crippen LogP contribution in [0.5, 0.6) is 11.8 Å². The summed E-state index contributed by atoms with van der Waals surface area (Å²) in [5, 5.41) is 12.0. The molecule has 3 aliphatic heterocycles. The number of ether oxygens (including phenoxy) is 1. The molecule has 4 heterocycles. The van der Waals surface area contributed by atoms with Gasteiger partial charge in [0.25, 0.3) is 5.92 Å². The molecule has 0 radical (unpaired) electrons. The number of rotatable bonds is 6. The molecule has 1 saturated carbocycles. The van der Waals surface area contributed by atoms with Gasteiger partial charge >= 0.3 is 6.01 Å². The van der Waals surface area contributed by atoms with Gasteiger partial charge in [-0.25, -0.2) is 22.0 Å². The molecule has 4 aliphatic rings. The van der Waals surface area contributed by atoms with Gasteiger partial charge in [0.15, 0.2) is 5.82 Å². The smallest absolute Gasteiger partial charge is 0.319 e. The lowest BCUT2D eigenvalue weighted by Gasteiger charge is -2.38. The minimum absolute atomic E-state index is 0.0655. The summed E-state index contributed by atoms with van der Waals surface area (Å²) in [7, 11) is 0. The molecule has 0 amide bonds. The molecule has 1 aliphatic carbocycles. The number of halogens is 5. The van der Waals surface area contributed by atoms with Crippen LogP contribution in [0.1, 0.15) is 44.6 Å². The van der Waals surface area contributed by atoms with Gasteiger partial charge < -0.3 is 14.7 Å². The van der Waals surface area contributed by atoms with E-state index in [2.05, 4.69) is 14.9 Å². The Bertz CT molecular complexity index is 1850. The Morgan fingerprint density at radius 1 is 1.00 bits per heavy atom. The highest BCUT2D eigenvalue weighted by Gasteiger charge is 2.56. The summed E-state index contributed by atoms with van der Waals surface area (Å²) in [4.78, 5) is 13.1. The van der Waals surface area contributed by atoms with E-state index in [-0.39, 0.29) is 42.5 Å². The van der Waals surface area contributed by atoms with Crippen LogP contribution in [0.25, 0.3) is 32.8 Å². The van der Waals surface area contributed by atoms with Crippen molar-refractivity contribution < 1.29 is 31.8 Å². The van der Waals surface area contributed by atoms with Crippen molar-refractivity contribution >= 4 is 27.5 Å². The highest BCUT2D eigenvalue weighted by Crippen LogP contribution is 2.50. The number of anilines is 1. The van der Waals surface area contributed by atoms with E-state index < -0.39 is 41.1 Å². The van der Waals surface area contributed by atoms with E-state index in [9.17, 15) is 22.7 Å². The summed E-state index contributed by atoms with van der Waals surface area (Å²) in [6.07, 6.45) is 2.21. The molecule has 3 saturated heterocycles. The topological polar surface area (TPSA) is 61.7 Å². The second-order valence-corrected chi connectivity index (χ2v) is 13.5. The molecule has 1 aromatic heterocycles. The predicted octanol–water partition coefficient (Wildman–Crippen LogP) is 7.43. The van der Waals surface area contributed by atoms with Crippen molar-refractivity contribution in [1.29, 1.82) is 0 Å². The zero-order valence-corrected chi connectivity index (χ0v) is 25.5. The zero-order chi connectivity index (χ0) is 32.0. The number of alkyl halides is 3. The maximum absolute atomic E-state index is 16.9. The van der Waals surface area contributed by atoms with Crippen LogP contribution in [0.4, 0.5) is 27.8 Å². The Kier molecular flexibility index (Phi) is 6.87. The summed E-state index contributed by atoms with van der Waals surface area (Å²) in [6.45, 7) is 3.18. The largest absolute Gasteiger partial charge is 0.508 e. The number of aromatic hydroxyl groups is 1. The maximum atomic E-state index is 16.9. The first-order valence-electron chi connectivity index (χ1n) is 16.2. The van der Waals surface area contributed by atoms with Gasteiger partial charge in [-0.3, -0.25) is 4.90 Å². The summed E-state index contributed by atoms with van der Waals surface area (Å²) < 4.78 is 82.3. The van der Waals surface area contributed by atoms with E-state index in [1.807, 2.05) is 6.92 Å². The number of piperidine rings is 1. The van der Waals surface area contributed by atoms with Gasteiger partial charge in [0, 0.05) is 48.8 Å². The third-order valence-corrected chi connectivity index (χ3v) is 10.9. The predicted molar refractivity (Wildman–Crippen MR) is 165 cm³/mol. The van der Waals surface area contributed by atoms with Crippen molar-refractivity contribution in [3.05, 3.63) is 53.6 Å². The van der Waals surface area contributed by atoms with Crippen LogP contribution in [0.2, 0.25) is 0 Å². The molecular formula is C35H35F5N4O2. The van der Waals surface area contributed by atoms with Gasteiger partial charge in [-0.15, -0.1) is 0 Å². The third kappa shape index (κ3) is 4.52. The Morgan fingerprint density at radius 2 is 1.78 bits per heavy atom. The molecule has 8 rings (SSSR count). The fraction of sp³-hybridized carbons (Fsp3) is 0.486. The lowest BCUT2D eigenvalue weighted by molar-refractivity contribution is -0.0830. The van der Waals surface area contributed by atoms with Crippen molar-refractivity contribution in [3.8, 4) is 22.9 Å². The minimum Gasteiger partial charge on any atom is -0.508 e. The van der Waals surface area contributed by atoms with Crippen molar-refractivity contribution in [2.24, 2.45) is 11.8 Å². The molecule has 0 spiro atoms. The fourth-order valence-corrected chi connectivity index (χ4v) is 8.67. The van der Waals surface area contributed by atoms with E-state index >= 15 is 4.39 Å². The Morgan fingerprint density at radius 3 is 2.54 bits per heavy atom. The van der Waals surface area contributed by atoms with E-state index in [0.29, 0.717) is 65.3 Å². The standard InChI is InChI=1S/C35H35F5N4O2/c1-2-24-28(37)9-4-19-12-23(45)13-27(29(19)24)25-7-8-26-31(30(25)38)41-33(46-18-34-10-3-11-44(34)17-22(36)14-34)42-32(26)43-15-20-5-6-21(16-43)35(20,39)40/h4,7-9,12-13,20-22,45H,2-3,5-6,10-11,14-18H2,1H3/t20?,21?,22-,34+/m1/s1. The molecule has 4 aromatic rings. The number of aryl methyl sites for hydroxylation is 1. The van der Waals surface area contributed by atoms with Crippen molar-refractivity contribution in [1.82, 2.24) is 14.9 Å². The Balaban J connectivity index is 1.27. The number of hydrogen-bond acceptors (Lipinski definition) is 6. The van der Waals surface area contributed by atoms with E-state index in [1.54, 1.807) is 23.1 Å². The molecule has 2 unspecified atom stereocenters. The highest BCUT2D eigenvalue weighted by atomic mass is 19.3. The number of hydrogen-bond donors (Lipinski definition) is 1. The number of fused-ring (bicyclic) bond motifs is 5. The van der Waals surface area contributed by atoms with Crippen LogP contribution >= 0.6 is 0 Å². The van der Waals surface area contributed by atoms with Gasteiger partial charge in [0.2, 0.25) is 0 Å². The van der Waals surface area contributed by atoms with Crippen LogP contribution < -0.4 is 9.64 Å². The first-order valence-corrected chi connectivity index (χ1v) is 16.2. The van der Waals surface area contributed by atoms with Crippen LogP contribution in [0.15, 0.2) is 36.4 Å². The molecule has 1 N–H and O–H groups in total.